The van der Waals surface area contributed by atoms with Crippen LogP contribution in [0, 0.1) is 12.8 Å². The predicted molar refractivity (Wildman–Crippen MR) is 75.7 cm³/mol. The van der Waals surface area contributed by atoms with E-state index in [1.807, 2.05) is 0 Å². The number of aromatic nitrogens is 1. The van der Waals surface area contributed by atoms with Gasteiger partial charge in [-0.25, -0.2) is 4.98 Å². The number of fused-ring (bicyclic) bond motifs is 1. The highest BCUT2D eigenvalue weighted by Gasteiger charge is 2.34. The summed E-state index contributed by atoms with van der Waals surface area (Å²) in [4.78, 5) is 7.15. The standard InChI is InChI=1S/C15H23N3/c1-11-9-13(16)10-17-15(11)18-8-4-6-12-5-2-3-7-14(12)18/h9-10,12,14H,2-8,16H2,1H3/t12-,14-/m1/s1. The maximum absolute atomic E-state index is 5.81. The molecule has 2 aliphatic rings. The van der Waals surface area contributed by atoms with Crippen molar-refractivity contribution in [3.05, 3.63) is 17.8 Å². The van der Waals surface area contributed by atoms with Gasteiger partial charge in [-0.1, -0.05) is 12.8 Å². The lowest BCUT2D eigenvalue weighted by atomic mass is 9.78. The molecule has 18 heavy (non-hydrogen) atoms. The average molecular weight is 245 g/mol. The number of hydrogen-bond donors (Lipinski definition) is 1. The Balaban J connectivity index is 1.89. The van der Waals surface area contributed by atoms with Crippen LogP contribution in [0.25, 0.3) is 0 Å². The number of hydrogen-bond acceptors (Lipinski definition) is 3. The molecule has 1 aromatic heterocycles. The number of nitrogens with two attached hydrogens (primary N) is 1. The van der Waals surface area contributed by atoms with Crippen LogP contribution >= 0.6 is 0 Å². The van der Waals surface area contributed by atoms with Gasteiger partial charge in [0, 0.05) is 12.6 Å². The summed E-state index contributed by atoms with van der Waals surface area (Å²) in [7, 11) is 0. The highest BCUT2D eigenvalue weighted by molar-refractivity contribution is 5.53. The van der Waals surface area contributed by atoms with E-state index in [2.05, 4.69) is 22.9 Å². The molecule has 2 N–H and O–H groups in total. The van der Waals surface area contributed by atoms with Gasteiger partial charge in [-0.05, 0) is 50.2 Å². The average Bonchev–Trinajstić information content (AvgIpc) is 2.38. The van der Waals surface area contributed by atoms with E-state index < -0.39 is 0 Å². The molecule has 1 aromatic rings. The number of nitrogens with zero attached hydrogens (tertiary/aromatic N) is 2. The quantitative estimate of drug-likeness (QED) is 0.826. The third-order valence-corrected chi connectivity index (χ3v) is 4.59. The van der Waals surface area contributed by atoms with Crippen molar-refractivity contribution in [2.45, 2.75) is 51.5 Å². The van der Waals surface area contributed by atoms with Crippen molar-refractivity contribution in [3.63, 3.8) is 0 Å². The largest absolute Gasteiger partial charge is 0.397 e. The first kappa shape index (κ1) is 11.8. The molecule has 1 saturated carbocycles. The van der Waals surface area contributed by atoms with E-state index in [1.165, 1.54) is 56.5 Å². The molecule has 1 aliphatic heterocycles. The molecule has 0 aromatic carbocycles. The van der Waals surface area contributed by atoms with Gasteiger partial charge >= 0.3 is 0 Å². The molecular formula is C15H23N3. The third kappa shape index (κ3) is 2.06. The van der Waals surface area contributed by atoms with Crippen molar-refractivity contribution in [2.24, 2.45) is 5.92 Å². The SMILES string of the molecule is Cc1cc(N)cnc1N1CCC[C@H]2CCCC[C@H]21. The Labute approximate surface area is 109 Å². The second-order valence-corrected chi connectivity index (χ2v) is 5.86. The number of pyridine rings is 1. The van der Waals surface area contributed by atoms with Crippen LogP contribution in [-0.4, -0.2) is 17.6 Å². The fourth-order valence-electron chi connectivity index (χ4n) is 3.78. The van der Waals surface area contributed by atoms with Gasteiger partial charge in [0.2, 0.25) is 0 Å². The highest BCUT2D eigenvalue weighted by Crippen LogP contribution is 2.38. The lowest BCUT2D eigenvalue weighted by molar-refractivity contribution is 0.242. The highest BCUT2D eigenvalue weighted by atomic mass is 15.2. The van der Waals surface area contributed by atoms with Crippen molar-refractivity contribution in [1.29, 1.82) is 0 Å². The predicted octanol–water partition coefficient (Wildman–Crippen LogP) is 3.13. The second kappa shape index (κ2) is 4.79. The summed E-state index contributed by atoms with van der Waals surface area (Å²) >= 11 is 0. The van der Waals surface area contributed by atoms with Crippen LogP contribution in [0.3, 0.4) is 0 Å². The molecule has 1 aliphatic carbocycles. The first-order valence-corrected chi connectivity index (χ1v) is 7.24. The number of aryl methyl sites for hydroxylation is 1. The van der Waals surface area contributed by atoms with E-state index in [0.717, 1.165) is 17.6 Å². The first-order chi connectivity index (χ1) is 8.75. The maximum Gasteiger partial charge on any atom is 0.131 e. The van der Waals surface area contributed by atoms with Gasteiger partial charge in [-0.2, -0.15) is 0 Å². The minimum atomic E-state index is 0.724. The topological polar surface area (TPSA) is 42.1 Å². The van der Waals surface area contributed by atoms with E-state index in [4.69, 9.17) is 5.73 Å². The van der Waals surface area contributed by atoms with Crippen LogP contribution in [0.2, 0.25) is 0 Å². The monoisotopic (exact) mass is 245 g/mol. The Kier molecular flexibility index (Phi) is 3.14. The molecule has 3 rings (SSSR count). The lowest BCUT2D eigenvalue weighted by Gasteiger charge is -2.45. The fraction of sp³-hybridized carbons (Fsp3) is 0.667. The summed E-state index contributed by atoms with van der Waals surface area (Å²) in [5, 5.41) is 0. The first-order valence-electron chi connectivity index (χ1n) is 7.24. The zero-order chi connectivity index (χ0) is 12.5. The maximum atomic E-state index is 5.81. The minimum Gasteiger partial charge on any atom is -0.397 e. The van der Waals surface area contributed by atoms with Crippen molar-refractivity contribution >= 4 is 11.5 Å². The molecule has 0 radical (unpaired) electrons. The molecule has 2 atom stereocenters. The van der Waals surface area contributed by atoms with E-state index in [9.17, 15) is 0 Å². The third-order valence-electron chi connectivity index (χ3n) is 4.59. The van der Waals surface area contributed by atoms with Crippen LogP contribution in [0.1, 0.15) is 44.1 Å². The smallest absolute Gasteiger partial charge is 0.131 e. The number of piperidine rings is 1. The molecule has 3 heteroatoms. The van der Waals surface area contributed by atoms with Crippen LogP contribution < -0.4 is 10.6 Å². The van der Waals surface area contributed by atoms with E-state index >= 15 is 0 Å². The van der Waals surface area contributed by atoms with Crippen molar-refractivity contribution in [3.8, 4) is 0 Å². The normalized spacial score (nSPS) is 27.9. The summed E-state index contributed by atoms with van der Waals surface area (Å²) < 4.78 is 0. The number of nitrogen functional groups attached to an aromatic ring is 1. The van der Waals surface area contributed by atoms with E-state index in [0.29, 0.717) is 0 Å². The zero-order valence-electron chi connectivity index (χ0n) is 11.2. The summed E-state index contributed by atoms with van der Waals surface area (Å²) in [6.45, 7) is 3.30. The molecule has 0 bridgehead atoms. The molecule has 0 amide bonds. The fourth-order valence-corrected chi connectivity index (χ4v) is 3.78. The molecule has 2 heterocycles. The molecule has 3 nitrogen and oxygen atoms in total. The molecule has 0 spiro atoms. The molecule has 98 valence electrons. The van der Waals surface area contributed by atoms with Crippen molar-refractivity contribution in [2.75, 3.05) is 17.2 Å². The zero-order valence-corrected chi connectivity index (χ0v) is 11.2. The van der Waals surface area contributed by atoms with Gasteiger partial charge in [0.05, 0.1) is 11.9 Å². The lowest BCUT2D eigenvalue weighted by Crippen LogP contribution is -2.47. The Hall–Kier alpha value is -1.25. The van der Waals surface area contributed by atoms with Gasteiger partial charge in [0.15, 0.2) is 0 Å². The summed E-state index contributed by atoms with van der Waals surface area (Å²) in [6.07, 6.45) is 10.1. The summed E-state index contributed by atoms with van der Waals surface area (Å²) in [6, 6.07) is 2.77. The van der Waals surface area contributed by atoms with Gasteiger partial charge in [-0.15, -0.1) is 0 Å². The minimum absolute atomic E-state index is 0.724. The summed E-state index contributed by atoms with van der Waals surface area (Å²) in [5.41, 5.74) is 7.80. The molecular weight excluding hydrogens is 222 g/mol. The summed E-state index contributed by atoms with van der Waals surface area (Å²) in [5.74, 6) is 2.06. The van der Waals surface area contributed by atoms with Crippen molar-refractivity contribution < 1.29 is 0 Å². The number of rotatable bonds is 1. The number of anilines is 2. The Morgan fingerprint density at radius 3 is 2.83 bits per heavy atom. The van der Waals surface area contributed by atoms with Crippen LogP contribution in [0.5, 0.6) is 0 Å². The van der Waals surface area contributed by atoms with Crippen molar-refractivity contribution in [1.82, 2.24) is 4.98 Å². The molecule has 1 saturated heterocycles. The Morgan fingerprint density at radius 2 is 2.00 bits per heavy atom. The Bertz CT molecular complexity index is 428. The van der Waals surface area contributed by atoms with Gasteiger partial charge < -0.3 is 10.6 Å². The Morgan fingerprint density at radius 1 is 1.22 bits per heavy atom. The van der Waals surface area contributed by atoms with Gasteiger partial charge in [0.1, 0.15) is 5.82 Å². The molecule has 0 unspecified atom stereocenters. The van der Waals surface area contributed by atoms with Crippen LogP contribution in [-0.2, 0) is 0 Å². The molecule has 2 fully saturated rings. The van der Waals surface area contributed by atoms with E-state index in [-0.39, 0.29) is 0 Å². The van der Waals surface area contributed by atoms with Crippen LogP contribution in [0.4, 0.5) is 11.5 Å². The van der Waals surface area contributed by atoms with Crippen LogP contribution in [0.15, 0.2) is 12.3 Å². The second-order valence-electron chi connectivity index (χ2n) is 5.86. The van der Waals surface area contributed by atoms with Gasteiger partial charge in [0.25, 0.3) is 0 Å². The van der Waals surface area contributed by atoms with E-state index in [1.54, 1.807) is 6.20 Å². The van der Waals surface area contributed by atoms with Gasteiger partial charge in [-0.3, -0.25) is 0 Å².